The standard InChI is InChI=1S/C26H18O2S/c27-25(19-7-3-1-4-8-19)21-11-15-23(16-12-21)29-24-17-13-22(14-18-24)26(28)20-9-5-2-6-10-20/h1-18H. The van der Waals surface area contributed by atoms with Gasteiger partial charge < -0.3 is 0 Å². The van der Waals surface area contributed by atoms with E-state index in [0.717, 1.165) is 9.79 Å². The van der Waals surface area contributed by atoms with Gasteiger partial charge in [-0.15, -0.1) is 0 Å². The lowest BCUT2D eigenvalue weighted by Crippen LogP contribution is -2.00. The molecule has 4 rings (SSSR count). The Bertz CT molecular complexity index is 1020. The van der Waals surface area contributed by atoms with Crippen molar-refractivity contribution in [2.45, 2.75) is 9.79 Å². The van der Waals surface area contributed by atoms with Gasteiger partial charge in [0.2, 0.25) is 0 Å². The molecule has 0 bridgehead atoms. The Labute approximate surface area is 174 Å². The summed E-state index contributed by atoms with van der Waals surface area (Å²) in [4.78, 5) is 27.1. The van der Waals surface area contributed by atoms with E-state index in [1.54, 1.807) is 11.8 Å². The Morgan fingerprint density at radius 2 is 0.724 bits per heavy atom. The number of hydrogen-bond donors (Lipinski definition) is 0. The van der Waals surface area contributed by atoms with Crippen LogP contribution in [0, 0.1) is 0 Å². The smallest absolute Gasteiger partial charge is 0.193 e. The molecule has 0 unspecified atom stereocenters. The average molecular weight is 394 g/mol. The molecule has 0 heterocycles. The van der Waals surface area contributed by atoms with Crippen molar-refractivity contribution in [1.29, 1.82) is 0 Å². The molecule has 4 aromatic carbocycles. The number of carbonyl (C=O) groups excluding carboxylic acids is 2. The molecule has 0 aromatic heterocycles. The number of ketones is 2. The number of rotatable bonds is 6. The predicted octanol–water partition coefficient (Wildman–Crippen LogP) is 6.30. The van der Waals surface area contributed by atoms with Gasteiger partial charge in [-0.2, -0.15) is 0 Å². The molecule has 0 saturated carbocycles. The van der Waals surface area contributed by atoms with Gasteiger partial charge in [0.15, 0.2) is 11.6 Å². The fourth-order valence-electron chi connectivity index (χ4n) is 3.00. The maximum Gasteiger partial charge on any atom is 0.193 e. The molecule has 29 heavy (non-hydrogen) atoms. The zero-order chi connectivity index (χ0) is 20.1. The topological polar surface area (TPSA) is 34.1 Å². The van der Waals surface area contributed by atoms with Gasteiger partial charge in [0, 0.05) is 32.0 Å². The first-order valence-electron chi connectivity index (χ1n) is 9.28. The molecule has 0 spiro atoms. The molecule has 2 nitrogen and oxygen atoms in total. The van der Waals surface area contributed by atoms with Crippen LogP contribution < -0.4 is 0 Å². The molecule has 0 atom stereocenters. The summed E-state index contributed by atoms with van der Waals surface area (Å²) < 4.78 is 0. The van der Waals surface area contributed by atoms with Crippen molar-refractivity contribution in [2.24, 2.45) is 0 Å². The average Bonchev–Trinajstić information content (AvgIpc) is 2.80. The third-order valence-electron chi connectivity index (χ3n) is 4.54. The van der Waals surface area contributed by atoms with E-state index >= 15 is 0 Å². The minimum Gasteiger partial charge on any atom is -0.289 e. The summed E-state index contributed by atoms with van der Waals surface area (Å²) >= 11 is 1.60. The summed E-state index contributed by atoms with van der Waals surface area (Å²) in [5.41, 5.74) is 2.71. The molecule has 3 heteroatoms. The second kappa shape index (κ2) is 8.72. The van der Waals surface area contributed by atoms with Gasteiger partial charge in [-0.3, -0.25) is 9.59 Å². The maximum atomic E-state index is 12.5. The fourth-order valence-corrected chi connectivity index (χ4v) is 3.81. The van der Waals surface area contributed by atoms with Crippen LogP contribution in [-0.4, -0.2) is 11.6 Å². The summed E-state index contributed by atoms with van der Waals surface area (Å²) in [6, 6.07) is 33.7. The highest BCUT2D eigenvalue weighted by Gasteiger charge is 2.10. The number of hydrogen-bond acceptors (Lipinski definition) is 3. The highest BCUT2D eigenvalue weighted by Crippen LogP contribution is 2.28. The molecule has 0 radical (unpaired) electrons. The second-order valence-corrected chi connectivity index (χ2v) is 7.69. The first-order valence-corrected chi connectivity index (χ1v) is 10.1. The van der Waals surface area contributed by atoms with E-state index in [1.165, 1.54) is 0 Å². The molecule has 0 saturated heterocycles. The van der Waals surface area contributed by atoms with Crippen molar-refractivity contribution in [3.05, 3.63) is 131 Å². The van der Waals surface area contributed by atoms with Crippen molar-refractivity contribution in [3.8, 4) is 0 Å². The van der Waals surface area contributed by atoms with Crippen LogP contribution in [0.4, 0.5) is 0 Å². The van der Waals surface area contributed by atoms with Crippen molar-refractivity contribution in [3.63, 3.8) is 0 Å². The van der Waals surface area contributed by atoms with Gasteiger partial charge in [0.1, 0.15) is 0 Å². The molecule has 0 aliphatic carbocycles. The minimum absolute atomic E-state index is 0.0194. The molecular weight excluding hydrogens is 376 g/mol. The highest BCUT2D eigenvalue weighted by atomic mass is 32.2. The normalized spacial score (nSPS) is 10.5. The number of carbonyl (C=O) groups is 2. The lowest BCUT2D eigenvalue weighted by atomic mass is 10.0. The van der Waals surface area contributed by atoms with E-state index in [9.17, 15) is 9.59 Å². The van der Waals surface area contributed by atoms with Gasteiger partial charge >= 0.3 is 0 Å². The zero-order valence-electron chi connectivity index (χ0n) is 15.6. The van der Waals surface area contributed by atoms with E-state index in [2.05, 4.69) is 0 Å². The molecule has 0 amide bonds. The van der Waals surface area contributed by atoms with Gasteiger partial charge in [-0.25, -0.2) is 0 Å². The largest absolute Gasteiger partial charge is 0.289 e. The van der Waals surface area contributed by atoms with Crippen molar-refractivity contribution < 1.29 is 9.59 Å². The fraction of sp³-hybridized carbons (Fsp3) is 0. The van der Waals surface area contributed by atoms with Crippen LogP contribution >= 0.6 is 11.8 Å². The van der Waals surface area contributed by atoms with Gasteiger partial charge in [-0.05, 0) is 48.5 Å². The van der Waals surface area contributed by atoms with Crippen molar-refractivity contribution >= 4 is 23.3 Å². The second-order valence-electron chi connectivity index (χ2n) is 6.54. The quantitative estimate of drug-likeness (QED) is 0.360. The van der Waals surface area contributed by atoms with Crippen LogP contribution in [0.15, 0.2) is 119 Å². The van der Waals surface area contributed by atoms with E-state index < -0.39 is 0 Å². The lowest BCUT2D eigenvalue weighted by molar-refractivity contribution is 0.103. The summed E-state index contributed by atoms with van der Waals surface area (Å²) in [5, 5.41) is 0. The Morgan fingerprint density at radius 1 is 0.414 bits per heavy atom. The van der Waals surface area contributed by atoms with Crippen molar-refractivity contribution in [1.82, 2.24) is 0 Å². The summed E-state index contributed by atoms with van der Waals surface area (Å²) in [7, 11) is 0. The molecule has 0 fully saturated rings. The SMILES string of the molecule is O=C(c1ccccc1)c1ccc(Sc2ccc(C(=O)c3ccccc3)cc2)cc1. The maximum absolute atomic E-state index is 12.5. The minimum atomic E-state index is 0.0194. The number of benzene rings is 4. The Kier molecular flexibility index (Phi) is 5.68. The molecular formula is C26H18O2S. The Morgan fingerprint density at radius 3 is 1.07 bits per heavy atom. The first kappa shape index (κ1) is 18.9. The summed E-state index contributed by atoms with van der Waals surface area (Å²) in [6.45, 7) is 0. The van der Waals surface area contributed by atoms with Crippen LogP contribution in [0.5, 0.6) is 0 Å². The zero-order valence-corrected chi connectivity index (χ0v) is 16.4. The summed E-state index contributed by atoms with van der Waals surface area (Å²) in [6.07, 6.45) is 0. The van der Waals surface area contributed by atoms with Crippen LogP contribution in [0.2, 0.25) is 0 Å². The van der Waals surface area contributed by atoms with Crippen molar-refractivity contribution in [2.75, 3.05) is 0 Å². The first-order chi connectivity index (χ1) is 14.2. The van der Waals surface area contributed by atoms with Gasteiger partial charge in [-0.1, -0.05) is 72.4 Å². The van der Waals surface area contributed by atoms with Gasteiger partial charge in [0.25, 0.3) is 0 Å². The third-order valence-corrected chi connectivity index (χ3v) is 5.56. The molecule has 0 aliphatic rings. The van der Waals surface area contributed by atoms with Crippen LogP contribution in [0.1, 0.15) is 31.8 Å². The van der Waals surface area contributed by atoms with Crippen LogP contribution in [0.3, 0.4) is 0 Å². The highest BCUT2D eigenvalue weighted by molar-refractivity contribution is 7.99. The Hall–Kier alpha value is -3.43. The van der Waals surface area contributed by atoms with Gasteiger partial charge in [0.05, 0.1) is 0 Å². The van der Waals surface area contributed by atoms with Crippen LogP contribution in [0.25, 0.3) is 0 Å². The third kappa shape index (κ3) is 4.53. The van der Waals surface area contributed by atoms with E-state index in [0.29, 0.717) is 22.3 Å². The predicted molar refractivity (Wildman–Crippen MR) is 117 cm³/mol. The monoisotopic (exact) mass is 394 g/mol. The molecule has 0 aliphatic heterocycles. The molecule has 140 valence electrons. The lowest BCUT2D eigenvalue weighted by Gasteiger charge is -2.06. The van der Waals surface area contributed by atoms with E-state index in [-0.39, 0.29) is 11.6 Å². The molecule has 0 N–H and O–H groups in total. The summed E-state index contributed by atoms with van der Waals surface area (Å²) in [5.74, 6) is 0.0388. The Balaban J connectivity index is 1.44. The van der Waals surface area contributed by atoms with E-state index in [4.69, 9.17) is 0 Å². The molecule has 4 aromatic rings. The van der Waals surface area contributed by atoms with Crippen LogP contribution in [-0.2, 0) is 0 Å². The van der Waals surface area contributed by atoms with E-state index in [1.807, 2.05) is 109 Å².